The van der Waals surface area contributed by atoms with Crippen molar-refractivity contribution < 1.29 is 14.4 Å². The summed E-state index contributed by atoms with van der Waals surface area (Å²) < 4.78 is 0. The summed E-state index contributed by atoms with van der Waals surface area (Å²) in [7, 11) is 0. The quantitative estimate of drug-likeness (QED) is 0.618. The molecule has 2 aromatic carbocycles. The molecule has 0 aliphatic carbocycles. The summed E-state index contributed by atoms with van der Waals surface area (Å²) >= 11 is 6.13. The van der Waals surface area contributed by atoms with Crippen LogP contribution >= 0.6 is 11.6 Å². The first kappa shape index (κ1) is 16.8. The number of carbonyl (C=O) groups is 3. The van der Waals surface area contributed by atoms with E-state index < -0.39 is 11.3 Å². The van der Waals surface area contributed by atoms with Crippen LogP contribution in [0.4, 0.5) is 5.69 Å². The largest absolute Gasteiger partial charge is 0.311 e. The zero-order valence-electron chi connectivity index (χ0n) is 14.2. The Kier molecular flexibility index (Phi) is 3.84. The molecule has 1 spiro atoms. The van der Waals surface area contributed by atoms with E-state index in [1.165, 1.54) is 4.90 Å². The van der Waals surface area contributed by atoms with Crippen molar-refractivity contribution >= 4 is 35.0 Å². The van der Waals surface area contributed by atoms with Crippen LogP contribution in [0, 0.1) is 0 Å². The third-order valence-corrected chi connectivity index (χ3v) is 5.38. The second-order valence-electron chi connectivity index (χ2n) is 6.56. The highest BCUT2D eigenvalue weighted by Crippen LogP contribution is 2.49. The number of hydrogen-bond donors (Lipinski definition) is 0. The van der Waals surface area contributed by atoms with E-state index in [2.05, 4.69) is 0 Å². The van der Waals surface area contributed by atoms with Crippen LogP contribution in [-0.4, -0.2) is 29.2 Å². The number of amides is 3. The van der Waals surface area contributed by atoms with Crippen LogP contribution in [0.3, 0.4) is 0 Å². The van der Waals surface area contributed by atoms with Gasteiger partial charge in [0.25, 0.3) is 0 Å². The predicted molar refractivity (Wildman–Crippen MR) is 97.8 cm³/mol. The van der Waals surface area contributed by atoms with Gasteiger partial charge in [0.15, 0.2) is 5.41 Å². The fraction of sp³-hybridized carbons (Fsp3) is 0.250. The summed E-state index contributed by atoms with van der Waals surface area (Å²) in [5.74, 6) is -1.14. The lowest BCUT2D eigenvalue weighted by molar-refractivity contribution is -0.142. The Bertz CT molecular complexity index is 928. The number of carbonyl (C=O) groups excluding carboxylic acids is 3. The molecule has 0 saturated carbocycles. The van der Waals surface area contributed by atoms with E-state index in [4.69, 9.17) is 11.6 Å². The van der Waals surface area contributed by atoms with Gasteiger partial charge in [0.1, 0.15) is 0 Å². The lowest BCUT2D eigenvalue weighted by Crippen LogP contribution is -2.46. The third-order valence-electron chi connectivity index (χ3n) is 5.15. The second kappa shape index (κ2) is 5.95. The Morgan fingerprint density at radius 2 is 1.69 bits per heavy atom. The van der Waals surface area contributed by atoms with Crippen molar-refractivity contribution in [1.29, 1.82) is 0 Å². The topological polar surface area (TPSA) is 57.7 Å². The Morgan fingerprint density at radius 1 is 1.00 bits per heavy atom. The number of rotatable bonds is 3. The van der Waals surface area contributed by atoms with Crippen molar-refractivity contribution in [3.05, 3.63) is 64.7 Å². The molecule has 132 valence electrons. The van der Waals surface area contributed by atoms with Gasteiger partial charge in [0.05, 0.1) is 13.0 Å². The van der Waals surface area contributed by atoms with E-state index in [1.807, 2.05) is 37.3 Å². The van der Waals surface area contributed by atoms with Crippen molar-refractivity contribution in [3.8, 4) is 0 Å². The summed E-state index contributed by atoms with van der Waals surface area (Å²) in [4.78, 5) is 41.9. The van der Waals surface area contributed by atoms with E-state index in [0.29, 0.717) is 22.8 Å². The second-order valence-corrected chi connectivity index (χ2v) is 7.00. The molecule has 2 aliphatic rings. The van der Waals surface area contributed by atoms with Gasteiger partial charge in [-0.15, -0.1) is 0 Å². The average molecular weight is 369 g/mol. The van der Waals surface area contributed by atoms with Crippen molar-refractivity contribution in [2.45, 2.75) is 25.3 Å². The SMILES string of the molecule is CCN1C(=O)C2(CC(=O)N(Cc3ccccc3)C2=O)c2cc(Cl)ccc21. The first-order chi connectivity index (χ1) is 12.5. The fourth-order valence-electron chi connectivity index (χ4n) is 3.90. The molecule has 4 rings (SSSR count). The molecule has 2 heterocycles. The molecule has 1 saturated heterocycles. The summed E-state index contributed by atoms with van der Waals surface area (Å²) in [6.45, 7) is 2.43. The molecule has 0 aromatic heterocycles. The van der Waals surface area contributed by atoms with E-state index >= 15 is 0 Å². The van der Waals surface area contributed by atoms with Gasteiger partial charge in [-0.05, 0) is 30.7 Å². The number of likely N-dealkylation sites (N-methyl/N-ethyl adjacent to an activating group) is 1. The Morgan fingerprint density at radius 3 is 2.38 bits per heavy atom. The number of hydrogen-bond acceptors (Lipinski definition) is 3. The van der Waals surface area contributed by atoms with Crippen LogP contribution in [0.15, 0.2) is 48.5 Å². The highest BCUT2D eigenvalue weighted by molar-refractivity contribution is 6.32. The van der Waals surface area contributed by atoms with Crippen molar-refractivity contribution in [1.82, 2.24) is 4.90 Å². The molecule has 3 amide bonds. The van der Waals surface area contributed by atoms with Gasteiger partial charge in [-0.1, -0.05) is 41.9 Å². The molecule has 2 aliphatic heterocycles. The minimum Gasteiger partial charge on any atom is -0.311 e. The maximum atomic E-state index is 13.3. The van der Waals surface area contributed by atoms with Crippen LogP contribution in [0.1, 0.15) is 24.5 Å². The molecule has 0 bridgehead atoms. The van der Waals surface area contributed by atoms with Gasteiger partial charge in [0.2, 0.25) is 17.7 Å². The number of halogens is 1. The molecular weight excluding hydrogens is 352 g/mol. The van der Waals surface area contributed by atoms with Gasteiger partial charge in [-0.2, -0.15) is 0 Å². The van der Waals surface area contributed by atoms with Crippen molar-refractivity contribution in [3.63, 3.8) is 0 Å². The van der Waals surface area contributed by atoms with Crippen LogP contribution in [0.5, 0.6) is 0 Å². The number of anilines is 1. The van der Waals surface area contributed by atoms with Crippen molar-refractivity contribution in [2.24, 2.45) is 0 Å². The Balaban J connectivity index is 1.80. The lowest BCUT2D eigenvalue weighted by Gasteiger charge is -2.22. The normalized spacial score (nSPS) is 21.8. The van der Waals surface area contributed by atoms with Crippen LogP contribution in [-0.2, 0) is 26.3 Å². The molecule has 1 atom stereocenters. The summed E-state index contributed by atoms with van der Waals surface area (Å²) in [6, 6.07) is 14.4. The zero-order valence-corrected chi connectivity index (χ0v) is 15.0. The van der Waals surface area contributed by atoms with Gasteiger partial charge in [-0.3, -0.25) is 19.3 Å². The highest BCUT2D eigenvalue weighted by atomic mass is 35.5. The molecular formula is C20H17ClN2O3. The summed E-state index contributed by atoms with van der Waals surface area (Å²) in [5, 5.41) is 0.440. The molecule has 1 fully saturated rings. The Hall–Kier alpha value is -2.66. The van der Waals surface area contributed by atoms with Crippen LogP contribution in [0.2, 0.25) is 5.02 Å². The minimum absolute atomic E-state index is 0.151. The molecule has 2 aromatic rings. The molecule has 0 N–H and O–H groups in total. The van der Waals surface area contributed by atoms with E-state index in [-0.39, 0.29) is 24.8 Å². The monoisotopic (exact) mass is 368 g/mol. The average Bonchev–Trinajstić information content (AvgIpc) is 3.02. The standard InChI is InChI=1S/C20H17ClN2O3/c1-2-22-16-9-8-14(21)10-15(16)20(18(22)25)11-17(24)23(19(20)26)12-13-6-4-3-5-7-13/h3-10H,2,11-12H2,1H3. The fourth-order valence-corrected chi connectivity index (χ4v) is 4.07. The first-order valence-corrected chi connectivity index (χ1v) is 8.87. The number of fused-ring (bicyclic) bond motifs is 2. The maximum Gasteiger partial charge on any atom is 0.250 e. The molecule has 0 radical (unpaired) electrons. The minimum atomic E-state index is -1.48. The lowest BCUT2D eigenvalue weighted by atomic mass is 9.80. The van der Waals surface area contributed by atoms with Crippen LogP contribution < -0.4 is 4.90 Å². The van der Waals surface area contributed by atoms with Gasteiger partial charge >= 0.3 is 0 Å². The van der Waals surface area contributed by atoms with Gasteiger partial charge in [0, 0.05) is 22.8 Å². The Labute approximate surface area is 156 Å². The van der Waals surface area contributed by atoms with E-state index in [9.17, 15) is 14.4 Å². The maximum absolute atomic E-state index is 13.3. The zero-order chi connectivity index (χ0) is 18.5. The number of imide groups is 1. The smallest absolute Gasteiger partial charge is 0.250 e. The van der Waals surface area contributed by atoms with Crippen molar-refractivity contribution in [2.75, 3.05) is 11.4 Å². The predicted octanol–water partition coefficient (Wildman–Crippen LogP) is 2.90. The van der Waals surface area contributed by atoms with Gasteiger partial charge < -0.3 is 4.90 Å². The number of likely N-dealkylation sites (tertiary alicyclic amines) is 1. The molecule has 1 unspecified atom stereocenters. The molecule has 6 heteroatoms. The van der Waals surface area contributed by atoms with Crippen LogP contribution in [0.25, 0.3) is 0 Å². The first-order valence-electron chi connectivity index (χ1n) is 8.49. The number of nitrogens with zero attached hydrogens (tertiary/aromatic N) is 2. The van der Waals surface area contributed by atoms with E-state index in [1.54, 1.807) is 23.1 Å². The molecule has 5 nitrogen and oxygen atoms in total. The third kappa shape index (κ3) is 2.20. The highest BCUT2D eigenvalue weighted by Gasteiger charge is 2.63. The summed E-state index contributed by atoms with van der Waals surface area (Å²) in [5.41, 5.74) is 0.549. The molecule has 26 heavy (non-hydrogen) atoms. The summed E-state index contributed by atoms with van der Waals surface area (Å²) in [6.07, 6.45) is -0.151. The number of benzene rings is 2. The van der Waals surface area contributed by atoms with E-state index in [0.717, 1.165) is 5.56 Å². The van der Waals surface area contributed by atoms with Gasteiger partial charge in [-0.25, -0.2) is 0 Å².